The fourth-order valence-corrected chi connectivity index (χ4v) is 4.64. The van der Waals surface area contributed by atoms with E-state index < -0.39 is 29.5 Å². The Morgan fingerprint density at radius 1 is 1.05 bits per heavy atom. The zero-order valence-electron chi connectivity index (χ0n) is 19.3. The Morgan fingerprint density at radius 2 is 1.76 bits per heavy atom. The van der Waals surface area contributed by atoms with E-state index in [1.165, 1.54) is 36.1 Å². The van der Waals surface area contributed by atoms with Crippen LogP contribution in [-0.4, -0.2) is 22.8 Å². The smallest absolute Gasteiger partial charge is 0.308 e. The Balaban J connectivity index is 1.62. The van der Waals surface area contributed by atoms with Crippen molar-refractivity contribution in [3.05, 3.63) is 105 Å². The zero-order chi connectivity index (χ0) is 26.3. The number of carbonyl (C=O) groups is 3. The number of rotatable bonds is 5. The summed E-state index contributed by atoms with van der Waals surface area (Å²) in [4.78, 5) is 39.6. The molecule has 0 aliphatic carbocycles. The van der Waals surface area contributed by atoms with E-state index in [9.17, 15) is 19.5 Å². The van der Waals surface area contributed by atoms with Crippen molar-refractivity contribution in [1.29, 1.82) is 5.26 Å². The standard InChI is InChI=1S/C28H17BrN2O6/c1-15(32)36-21-9-4-17(5-10-21)25-24(26(33)23-13-18-12-19(29)6-11-22(18)37-23)27(34)28(35)31(25)20-7-2-16(14-30)3-8-20/h2-13,25,34H,1H3. The Bertz CT molecular complexity index is 1650. The van der Waals surface area contributed by atoms with Crippen molar-refractivity contribution in [1.82, 2.24) is 0 Å². The van der Waals surface area contributed by atoms with Gasteiger partial charge in [0.25, 0.3) is 5.91 Å². The minimum Gasteiger partial charge on any atom is -0.503 e. The van der Waals surface area contributed by atoms with Gasteiger partial charge in [0.1, 0.15) is 11.3 Å². The number of anilines is 1. The third-order valence-electron chi connectivity index (χ3n) is 5.89. The van der Waals surface area contributed by atoms with Crippen LogP contribution in [0.3, 0.4) is 0 Å². The lowest BCUT2D eigenvalue weighted by Gasteiger charge is -2.27. The first kappa shape index (κ1) is 24.0. The number of esters is 1. The van der Waals surface area contributed by atoms with Crippen LogP contribution in [0.5, 0.6) is 5.75 Å². The molecule has 1 atom stereocenters. The molecule has 0 fully saturated rings. The van der Waals surface area contributed by atoms with Crippen molar-refractivity contribution in [2.24, 2.45) is 0 Å². The molecular weight excluding hydrogens is 540 g/mol. The van der Waals surface area contributed by atoms with Gasteiger partial charge in [0.05, 0.1) is 23.2 Å². The molecule has 1 unspecified atom stereocenters. The molecule has 0 spiro atoms. The number of halogens is 1. The number of benzene rings is 3. The Morgan fingerprint density at radius 3 is 2.41 bits per heavy atom. The lowest BCUT2D eigenvalue weighted by Crippen LogP contribution is -2.31. The number of nitriles is 1. The molecule has 8 nitrogen and oxygen atoms in total. The van der Waals surface area contributed by atoms with Gasteiger partial charge in [-0.2, -0.15) is 5.26 Å². The molecule has 0 saturated carbocycles. The van der Waals surface area contributed by atoms with Gasteiger partial charge in [0.2, 0.25) is 5.78 Å². The molecule has 1 aromatic heterocycles. The maximum Gasteiger partial charge on any atom is 0.308 e. The van der Waals surface area contributed by atoms with E-state index in [0.717, 1.165) is 4.47 Å². The van der Waals surface area contributed by atoms with Gasteiger partial charge >= 0.3 is 5.97 Å². The Labute approximate surface area is 219 Å². The second-order valence-electron chi connectivity index (χ2n) is 8.28. The van der Waals surface area contributed by atoms with Gasteiger partial charge in [-0.05, 0) is 66.2 Å². The molecule has 0 saturated heterocycles. The summed E-state index contributed by atoms with van der Waals surface area (Å²) in [5, 5.41) is 20.8. The van der Waals surface area contributed by atoms with Crippen molar-refractivity contribution in [2.45, 2.75) is 13.0 Å². The molecule has 37 heavy (non-hydrogen) atoms. The van der Waals surface area contributed by atoms with Gasteiger partial charge in [0.15, 0.2) is 11.5 Å². The van der Waals surface area contributed by atoms with Gasteiger partial charge in [-0.15, -0.1) is 0 Å². The highest BCUT2D eigenvalue weighted by Crippen LogP contribution is 2.42. The van der Waals surface area contributed by atoms with Gasteiger partial charge in [-0.3, -0.25) is 19.3 Å². The number of carbonyl (C=O) groups excluding carboxylic acids is 3. The Kier molecular flexibility index (Phi) is 6.11. The predicted molar refractivity (Wildman–Crippen MR) is 137 cm³/mol. The van der Waals surface area contributed by atoms with E-state index in [2.05, 4.69) is 15.9 Å². The molecule has 1 aliphatic heterocycles. The van der Waals surface area contributed by atoms with Crippen molar-refractivity contribution in [2.75, 3.05) is 4.90 Å². The molecule has 4 aromatic rings. The number of ketones is 1. The fourth-order valence-electron chi connectivity index (χ4n) is 4.26. The maximum absolute atomic E-state index is 13.7. The molecule has 1 amide bonds. The summed E-state index contributed by atoms with van der Waals surface area (Å²) < 4.78 is 11.7. The number of nitrogens with zero attached hydrogens (tertiary/aromatic N) is 2. The second-order valence-corrected chi connectivity index (χ2v) is 9.20. The van der Waals surface area contributed by atoms with Crippen molar-refractivity contribution in [3.8, 4) is 11.8 Å². The number of furan rings is 1. The summed E-state index contributed by atoms with van der Waals surface area (Å²) in [7, 11) is 0. The summed E-state index contributed by atoms with van der Waals surface area (Å²) in [5.41, 5.74) is 1.57. The van der Waals surface area contributed by atoms with Crippen LogP contribution in [-0.2, 0) is 9.59 Å². The number of aliphatic hydroxyl groups is 1. The SMILES string of the molecule is CC(=O)Oc1ccc(C2C(C(=O)c3cc4cc(Br)ccc4o3)=C(O)C(=O)N2c2ccc(C#N)cc2)cc1. The summed E-state index contributed by atoms with van der Waals surface area (Å²) in [6, 6.07) is 20.3. The topological polar surface area (TPSA) is 121 Å². The van der Waals surface area contributed by atoms with E-state index in [-0.39, 0.29) is 17.1 Å². The van der Waals surface area contributed by atoms with Crippen LogP contribution >= 0.6 is 15.9 Å². The van der Waals surface area contributed by atoms with Gasteiger partial charge in [-0.25, -0.2) is 0 Å². The first-order valence-electron chi connectivity index (χ1n) is 11.1. The summed E-state index contributed by atoms with van der Waals surface area (Å²) in [6.07, 6.45) is 0. The molecule has 182 valence electrons. The molecule has 1 N–H and O–H groups in total. The van der Waals surface area contributed by atoms with Crippen LogP contribution in [0.1, 0.15) is 34.6 Å². The molecule has 5 rings (SSSR count). The number of Topliss-reactive ketones (excluding diaryl/α,β-unsaturated/α-hetero) is 1. The van der Waals surface area contributed by atoms with Crippen LogP contribution in [0.4, 0.5) is 5.69 Å². The second kappa shape index (κ2) is 9.41. The highest BCUT2D eigenvalue weighted by molar-refractivity contribution is 9.10. The molecular formula is C28H17BrN2O6. The van der Waals surface area contributed by atoms with Crippen LogP contribution in [0.15, 0.2) is 93.0 Å². The number of hydrogen-bond donors (Lipinski definition) is 1. The number of amides is 1. The molecule has 2 heterocycles. The van der Waals surface area contributed by atoms with Crippen LogP contribution in [0.25, 0.3) is 11.0 Å². The minimum atomic E-state index is -1.01. The third-order valence-corrected chi connectivity index (χ3v) is 6.38. The zero-order valence-corrected chi connectivity index (χ0v) is 20.9. The van der Waals surface area contributed by atoms with Crippen molar-refractivity contribution >= 4 is 50.2 Å². The summed E-state index contributed by atoms with van der Waals surface area (Å²) in [5.74, 6) is -2.37. The number of ether oxygens (including phenoxy) is 1. The lowest BCUT2D eigenvalue weighted by molar-refractivity contribution is -0.131. The first-order chi connectivity index (χ1) is 17.8. The van der Waals surface area contributed by atoms with Crippen molar-refractivity contribution < 1.29 is 28.6 Å². The largest absolute Gasteiger partial charge is 0.503 e. The quantitative estimate of drug-likeness (QED) is 0.188. The molecule has 1 aliphatic rings. The van der Waals surface area contributed by atoms with Gasteiger partial charge < -0.3 is 14.3 Å². The monoisotopic (exact) mass is 556 g/mol. The molecule has 0 radical (unpaired) electrons. The first-order valence-corrected chi connectivity index (χ1v) is 11.8. The van der Waals surface area contributed by atoms with E-state index in [1.807, 2.05) is 6.07 Å². The number of hydrogen-bond acceptors (Lipinski definition) is 7. The summed E-state index contributed by atoms with van der Waals surface area (Å²) in [6.45, 7) is 1.28. The molecule has 3 aromatic carbocycles. The van der Waals surface area contributed by atoms with Crippen LogP contribution in [0.2, 0.25) is 0 Å². The highest BCUT2D eigenvalue weighted by Gasteiger charge is 2.45. The highest BCUT2D eigenvalue weighted by atomic mass is 79.9. The van der Waals surface area contributed by atoms with Crippen LogP contribution in [0, 0.1) is 11.3 Å². The van der Waals surface area contributed by atoms with E-state index >= 15 is 0 Å². The average Bonchev–Trinajstić information content (AvgIpc) is 3.42. The van der Waals surface area contributed by atoms with Gasteiger partial charge in [0, 0.05) is 22.5 Å². The maximum atomic E-state index is 13.7. The molecule has 0 bridgehead atoms. The third kappa shape index (κ3) is 4.39. The van der Waals surface area contributed by atoms with E-state index in [0.29, 0.717) is 27.8 Å². The number of aliphatic hydroxyl groups excluding tert-OH is 1. The average molecular weight is 557 g/mol. The van der Waals surface area contributed by atoms with Gasteiger partial charge in [-0.1, -0.05) is 28.1 Å². The predicted octanol–water partition coefficient (Wildman–Crippen LogP) is 5.78. The van der Waals surface area contributed by atoms with E-state index in [1.54, 1.807) is 48.5 Å². The van der Waals surface area contributed by atoms with Crippen LogP contribution < -0.4 is 9.64 Å². The Hall–Kier alpha value is -4.68. The molecule has 9 heteroatoms. The minimum absolute atomic E-state index is 0.0364. The lowest BCUT2D eigenvalue weighted by atomic mass is 9.94. The van der Waals surface area contributed by atoms with Crippen molar-refractivity contribution in [3.63, 3.8) is 0 Å². The normalized spacial score (nSPS) is 15.2. The van der Waals surface area contributed by atoms with E-state index in [4.69, 9.17) is 14.4 Å². The number of fused-ring (bicyclic) bond motifs is 1. The fraction of sp³-hybridized carbons (Fsp3) is 0.0714. The summed E-state index contributed by atoms with van der Waals surface area (Å²) >= 11 is 3.39.